The van der Waals surface area contributed by atoms with Crippen LogP contribution in [-0.2, 0) is 14.3 Å². The van der Waals surface area contributed by atoms with Gasteiger partial charge in [0.25, 0.3) is 5.91 Å². The van der Waals surface area contributed by atoms with Gasteiger partial charge in [0, 0.05) is 18.1 Å². The van der Waals surface area contributed by atoms with E-state index in [1.54, 1.807) is 41.7 Å². The van der Waals surface area contributed by atoms with Crippen LogP contribution in [0.4, 0.5) is 5.69 Å². The average Bonchev–Trinajstić information content (AvgIpc) is 3.48. The molecule has 10 heteroatoms. The molecule has 2 aromatic carbocycles. The first kappa shape index (κ1) is 20.8. The molecule has 0 aliphatic carbocycles. The molecule has 3 heterocycles. The maximum Gasteiger partial charge on any atom is 0.337 e. The highest BCUT2D eigenvalue weighted by molar-refractivity contribution is 5.96. The van der Waals surface area contributed by atoms with E-state index >= 15 is 0 Å². The molecular weight excluding hydrogens is 428 g/mol. The summed E-state index contributed by atoms with van der Waals surface area (Å²) in [6.07, 6.45) is 3.90. The third kappa shape index (κ3) is 4.08. The minimum absolute atomic E-state index is 0.0693. The van der Waals surface area contributed by atoms with E-state index < -0.39 is 12.0 Å². The van der Waals surface area contributed by atoms with Gasteiger partial charge in [-0.2, -0.15) is 0 Å². The van der Waals surface area contributed by atoms with Crippen molar-refractivity contribution in [3.05, 3.63) is 66.0 Å². The van der Waals surface area contributed by atoms with Gasteiger partial charge in [0.1, 0.15) is 12.6 Å². The van der Waals surface area contributed by atoms with Gasteiger partial charge < -0.3 is 29.4 Å². The maximum absolute atomic E-state index is 13.0. The fraction of sp³-hybridized carbons (Fsp3) is 0.261. The predicted octanol–water partition coefficient (Wildman–Crippen LogP) is 1.77. The number of nitrogens with zero attached hydrogens (tertiary/aromatic N) is 2. The molecule has 3 aliphatic heterocycles. The minimum atomic E-state index is -0.453. The van der Waals surface area contributed by atoms with E-state index in [-0.39, 0.29) is 31.2 Å². The van der Waals surface area contributed by atoms with Crippen LogP contribution in [0.1, 0.15) is 28.4 Å². The fourth-order valence-electron chi connectivity index (χ4n) is 4.08. The Balaban J connectivity index is 1.20. The molecule has 170 valence electrons. The number of carbonyl (C=O) groups is 3. The smallest absolute Gasteiger partial charge is 0.337 e. The lowest BCUT2D eigenvalue weighted by atomic mass is 10.0. The van der Waals surface area contributed by atoms with Crippen molar-refractivity contribution in [3.8, 4) is 11.5 Å². The van der Waals surface area contributed by atoms with Crippen LogP contribution in [0, 0.1) is 0 Å². The molecule has 0 radical (unpaired) electrons. The van der Waals surface area contributed by atoms with Gasteiger partial charge >= 0.3 is 5.97 Å². The number of hydrogen-bond donors (Lipinski definition) is 2. The SMILES string of the molecule is COC(=O)c1ccc(NC(=O)CN2C=CN3NC(c4ccc5c(c4)OCO5)CC3C2=O)cc1. The molecule has 1 saturated heterocycles. The third-order valence-corrected chi connectivity index (χ3v) is 5.78. The molecule has 10 nitrogen and oxygen atoms in total. The zero-order chi connectivity index (χ0) is 22.9. The van der Waals surface area contributed by atoms with Gasteiger partial charge in [-0.05, 0) is 48.4 Å². The lowest BCUT2D eigenvalue weighted by molar-refractivity contribution is -0.137. The second-order valence-electron chi connectivity index (χ2n) is 7.83. The van der Waals surface area contributed by atoms with Crippen LogP contribution < -0.4 is 20.2 Å². The highest BCUT2D eigenvalue weighted by Crippen LogP contribution is 2.37. The van der Waals surface area contributed by atoms with Crippen LogP contribution in [0.5, 0.6) is 11.5 Å². The van der Waals surface area contributed by atoms with Gasteiger partial charge in [-0.25, -0.2) is 10.2 Å². The summed E-state index contributed by atoms with van der Waals surface area (Å²) >= 11 is 0. The van der Waals surface area contributed by atoms with Crippen LogP contribution in [0.2, 0.25) is 0 Å². The van der Waals surface area contributed by atoms with E-state index in [2.05, 4.69) is 15.5 Å². The van der Waals surface area contributed by atoms with Crippen LogP contribution in [0.25, 0.3) is 0 Å². The van der Waals surface area contributed by atoms with E-state index in [0.717, 1.165) is 5.56 Å². The van der Waals surface area contributed by atoms with Crippen molar-refractivity contribution < 1.29 is 28.6 Å². The monoisotopic (exact) mass is 450 g/mol. The van der Waals surface area contributed by atoms with Crippen molar-refractivity contribution >= 4 is 23.5 Å². The van der Waals surface area contributed by atoms with E-state index in [4.69, 9.17) is 9.47 Å². The van der Waals surface area contributed by atoms with Crippen LogP contribution in [0.3, 0.4) is 0 Å². The number of benzene rings is 2. The molecule has 33 heavy (non-hydrogen) atoms. The number of carbonyl (C=O) groups excluding carboxylic acids is 3. The number of ether oxygens (including phenoxy) is 3. The summed E-state index contributed by atoms with van der Waals surface area (Å²) in [5, 5.41) is 4.51. The van der Waals surface area contributed by atoms with Crippen molar-refractivity contribution in [1.29, 1.82) is 0 Å². The number of anilines is 1. The van der Waals surface area contributed by atoms with Gasteiger partial charge in [-0.15, -0.1) is 0 Å². The molecule has 2 unspecified atom stereocenters. The second-order valence-corrected chi connectivity index (χ2v) is 7.83. The first-order valence-electron chi connectivity index (χ1n) is 10.4. The Kier molecular flexibility index (Phi) is 5.35. The molecule has 2 atom stereocenters. The minimum Gasteiger partial charge on any atom is -0.465 e. The number of rotatable bonds is 5. The topological polar surface area (TPSA) is 109 Å². The lowest BCUT2D eigenvalue weighted by Gasteiger charge is -2.31. The lowest BCUT2D eigenvalue weighted by Crippen LogP contribution is -2.49. The van der Waals surface area contributed by atoms with E-state index in [1.807, 2.05) is 18.2 Å². The van der Waals surface area contributed by atoms with E-state index in [0.29, 0.717) is 29.2 Å². The first-order valence-corrected chi connectivity index (χ1v) is 10.4. The first-order chi connectivity index (χ1) is 16.0. The molecule has 3 aliphatic rings. The van der Waals surface area contributed by atoms with E-state index in [9.17, 15) is 14.4 Å². The summed E-state index contributed by atoms with van der Waals surface area (Å²) in [7, 11) is 1.31. The molecule has 2 aromatic rings. The average molecular weight is 450 g/mol. The van der Waals surface area contributed by atoms with Crippen molar-refractivity contribution in [2.75, 3.05) is 25.8 Å². The predicted molar refractivity (Wildman–Crippen MR) is 116 cm³/mol. The number of hydrogen-bond acceptors (Lipinski definition) is 8. The number of fused-ring (bicyclic) bond motifs is 2. The van der Waals surface area contributed by atoms with Crippen LogP contribution in [-0.4, -0.2) is 54.2 Å². The largest absolute Gasteiger partial charge is 0.465 e. The summed E-state index contributed by atoms with van der Waals surface area (Å²) in [6, 6.07) is 11.6. The highest BCUT2D eigenvalue weighted by Gasteiger charge is 2.40. The molecule has 0 bridgehead atoms. The van der Waals surface area contributed by atoms with Gasteiger partial charge in [0.15, 0.2) is 11.5 Å². The summed E-state index contributed by atoms with van der Waals surface area (Å²) in [5.74, 6) is 0.446. The Morgan fingerprint density at radius 1 is 1.12 bits per heavy atom. The normalized spacial score (nSPS) is 20.6. The molecular formula is C23H22N4O6. The van der Waals surface area contributed by atoms with Crippen LogP contribution in [0.15, 0.2) is 54.9 Å². The molecule has 2 amide bonds. The zero-order valence-electron chi connectivity index (χ0n) is 17.8. The number of nitrogens with one attached hydrogen (secondary N) is 2. The number of methoxy groups -OCH3 is 1. The molecule has 2 N–H and O–H groups in total. The Labute approximate surface area is 189 Å². The quantitative estimate of drug-likeness (QED) is 0.664. The van der Waals surface area contributed by atoms with E-state index in [1.165, 1.54) is 12.0 Å². The molecule has 0 aromatic heterocycles. The Hall–Kier alpha value is -4.05. The Morgan fingerprint density at radius 3 is 2.70 bits per heavy atom. The summed E-state index contributed by atoms with van der Waals surface area (Å²) in [4.78, 5) is 38.5. The third-order valence-electron chi connectivity index (χ3n) is 5.78. The zero-order valence-corrected chi connectivity index (χ0v) is 17.8. The summed E-state index contributed by atoms with van der Waals surface area (Å²) in [5.41, 5.74) is 5.23. The molecule has 0 saturated carbocycles. The van der Waals surface area contributed by atoms with Gasteiger partial charge in [-0.3, -0.25) is 9.59 Å². The number of esters is 1. The van der Waals surface area contributed by atoms with Crippen molar-refractivity contribution in [1.82, 2.24) is 15.3 Å². The summed E-state index contributed by atoms with van der Waals surface area (Å²) in [6.45, 7) is 0.0897. The highest BCUT2D eigenvalue weighted by atomic mass is 16.7. The summed E-state index contributed by atoms with van der Waals surface area (Å²) < 4.78 is 15.5. The van der Waals surface area contributed by atoms with Crippen molar-refractivity contribution in [2.45, 2.75) is 18.5 Å². The molecule has 0 spiro atoms. The molecule has 1 fully saturated rings. The van der Waals surface area contributed by atoms with Crippen LogP contribution >= 0.6 is 0 Å². The number of hydrazine groups is 1. The van der Waals surface area contributed by atoms with Gasteiger partial charge in [0.2, 0.25) is 12.7 Å². The fourth-order valence-corrected chi connectivity index (χ4v) is 4.08. The Bertz CT molecular complexity index is 1130. The van der Waals surface area contributed by atoms with Crippen molar-refractivity contribution in [3.63, 3.8) is 0 Å². The Morgan fingerprint density at radius 2 is 1.91 bits per heavy atom. The van der Waals surface area contributed by atoms with Gasteiger partial charge in [-0.1, -0.05) is 6.07 Å². The number of amides is 2. The second kappa shape index (κ2) is 8.47. The van der Waals surface area contributed by atoms with Crippen molar-refractivity contribution in [2.24, 2.45) is 0 Å². The molecule has 5 rings (SSSR count). The standard InChI is InChI=1S/C23H22N4O6/c1-31-23(30)14-2-5-16(6-3-14)24-21(28)12-26-8-9-27-18(22(26)29)11-17(25-27)15-4-7-19-20(10-15)33-13-32-19/h2-10,17-18,25H,11-13H2,1H3,(H,24,28). The maximum atomic E-state index is 13.0. The van der Waals surface area contributed by atoms with Gasteiger partial charge in [0.05, 0.1) is 18.7 Å².